The summed E-state index contributed by atoms with van der Waals surface area (Å²) in [5.74, 6) is -23.7. The van der Waals surface area contributed by atoms with E-state index in [-0.39, 0.29) is 61.6 Å². The predicted molar refractivity (Wildman–Crippen MR) is 175 cm³/mol. The van der Waals surface area contributed by atoms with Crippen molar-refractivity contribution < 1.29 is 85.2 Å². The molecule has 0 saturated heterocycles. The lowest BCUT2D eigenvalue weighted by Gasteiger charge is -2.21. The largest absolute Gasteiger partial charge is 0.494 e. The maximum Gasteiger partial charge on any atom is 0.432 e. The molecular weight excluding hydrogens is 814 g/mol. The number of unbranched alkanes of at least 4 members (excludes halogenated alkanes) is 1. The van der Waals surface area contributed by atoms with Crippen LogP contribution in [0.15, 0.2) is 79.4 Å². The molecule has 0 amide bonds. The van der Waals surface area contributed by atoms with E-state index in [1.807, 2.05) is 0 Å². The minimum Gasteiger partial charge on any atom is -0.494 e. The van der Waals surface area contributed by atoms with Gasteiger partial charge in [-0.2, -0.15) is 17.6 Å². The molecule has 0 aromatic heterocycles. The lowest BCUT2D eigenvalue weighted by molar-refractivity contribution is -0.190. The molecule has 5 aromatic carbocycles. The summed E-state index contributed by atoms with van der Waals surface area (Å²) < 4.78 is 222. The topological polar surface area (TPSA) is 54.0 Å². The van der Waals surface area contributed by atoms with Crippen molar-refractivity contribution in [2.24, 2.45) is 0 Å². The first-order valence-electron chi connectivity index (χ1n) is 16.2. The zero-order valence-electron chi connectivity index (χ0n) is 28.8. The third-order valence-electron chi connectivity index (χ3n) is 7.90. The Morgan fingerprint density at radius 2 is 0.914 bits per heavy atom. The van der Waals surface area contributed by atoms with Gasteiger partial charge in [-0.25, -0.2) is 48.7 Å². The van der Waals surface area contributed by atoms with E-state index in [1.165, 1.54) is 6.07 Å². The van der Waals surface area contributed by atoms with Gasteiger partial charge in [-0.15, -0.1) is 0 Å². The number of hydrogen-bond acceptors (Lipinski definition) is 5. The molecule has 0 aliphatic rings. The minimum atomic E-state index is -5.00. The molecule has 0 bridgehead atoms. The van der Waals surface area contributed by atoms with Crippen molar-refractivity contribution in [3.05, 3.63) is 149 Å². The summed E-state index contributed by atoms with van der Waals surface area (Å²) in [4.78, 5) is 11.2. The summed E-state index contributed by atoms with van der Waals surface area (Å²) in [5.41, 5.74) is -6.24. The molecular formula is C39H22F14O5. The molecule has 0 radical (unpaired) electrons. The van der Waals surface area contributed by atoms with E-state index in [4.69, 9.17) is 9.47 Å². The molecule has 0 spiro atoms. The van der Waals surface area contributed by atoms with Crippen LogP contribution in [0.1, 0.15) is 24.0 Å². The van der Waals surface area contributed by atoms with Crippen molar-refractivity contribution in [3.63, 3.8) is 0 Å². The van der Waals surface area contributed by atoms with Gasteiger partial charge in [0.15, 0.2) is 34.9 Å². The van der Waals surface area contributed by atoms with Gasteiger partial charge in [0.2, 0.25) is 0 Å². The van der Waals surface area contributed by atoms with Crippen LogP contribution in [0, 0.1) is 58.2 Å². The van der Waals surface area contributed by atoms with Crippen LogP contribution in [0.5, 0.6) is 17.2 Å². The normalized spacial score (nSPS) is 11.7. The van der Waals surface area contributed by atoms with E-state index in [1.54, 1.807) is 0 Å². The maximum atomic E-state index is 15.5. The third-order valence-corrected chi connectivity index (χ3v) is 7.90. The van der Waals surface area contributed by atoms with Crippen molar-refractivity contribution in [3.8, 4) is 39.5 Å². The lowest BCUT2D eigenvalue weighted by atomic mass is 9.92. The van der Waals surface area contributed by atoms with Crippen LogP contribution in [-0.4, -0.2) is 19.2 Å². The highest BCUT2D eigenvalue weighted by atomic mass is 19.3. The van der Waals surface area contributed by atoms with Gasteiger partial charge in [0.1, 0.15) is 51.6 Å². The number of hydrogen-bond donors (Lipinski definition) is 0. The van der Waals surface area contributed by atoms with Crippen LogP contribution in [0.25, 0.3) is 22.3 Å². The molecule has 0 N–H and O–H groups in total. The number of rotatable bonds is 15. The summed E-state index contributed by atoms with van der Waals surface area (Å²) >= 11 is 0. The van der Waals surface area contributed by atoms with Gasteiger partial charge in [-0.1, -0.05) is 12.6 Å². The molecule has 58 heavy (non-hydrogen) atoms. The number of esters is 1. The summed E-state index contributed by atoms with van der Waals surface area (Å²) in [6.07, 6.45) is -8.53. The smallest absolute Gasteiger partial charge is 0.432 e. The van der Waals surface area contributed by atoms with Crippen LogP contribution < -0.4 is 14.2 Å². The SMILES string of the molecule is C=CC(=O)OCCCCOc1ccc(-c2cc(F)c(C(F)(F)Oc3cc(F)c(F)c(F)c3)c(F)c2)c(-c2cc(F)c(C(F)(F)Oc3cc(F)c(F)c(F)c3)c(F)c2)c1. The molecule has 0 saturated carbocycles. The Morgan fingerprint density at radius 3 is 1.33 bits per heavy atom. The first-order valence-corrected chi connectivity index (χ1v) is 16.2. The fourth-order valence-corrected chi connectivity index (χ4v) is 5.32. The van der Waals surface area contributed by atoms with Crippen molar-refractivity contribution in [2.45, 2.75) is 25.1 Å². The fourth-order valence-electron chi connectivity index (χ4n) is 5.32. The highest BCUT2D eigenvalue weighted by Gasteiger charge is 2.43. The monoisotopic (exact) mass is 836 g/mol. The van der Waals surface area contributed by atoms with Crippen molar-refractivity contribution in [1.82, 2.24) is 0 Å². The summed E-state index contributed by atoms with van der Waals surface area (Å²) in [6, 6.07) is 4.36. The number of ether oxygens (including phenoxy) is 4. The van der Waals surface area contributed by atoms with Crippen molar-refractivity contribution >= 4 is 5.97 Å². The average Bonchev–Trinajstić information content (AvgIpc) is 3.12. The molecule has 0 heterocycles. The minimum absolute atomic E-state index is 0.0159. The Hall–Kier alpha value is -6.27. The van der Waals surface area contributed by atoms with E-state index in [9.17, 15) is 31.1 Å². The average molecular weight is 837 g/mol. The van der Waals surface area contributed by atoms with Gasteiger partial charge in [0.05, 0.1) is 13.2 Å². The first-order chi connectivity index (χ1) is 27.2. The van der Waals surface area contributed by atoms with Crippen LogP contribution >= 0.6 is 0 Å². The van der Waals surface area contributed by atoms with E-state index in [0.29, 0.717) is 24.3 Å². The molecule has 0 aliphatic carbocycles. The predicted octanol–water partition coefficient (Wildman–Crippen LogP) is 11.6. The second-order valence-corrected chi connectivity index (χ2v) is 11.9. The quantitative estimate of drug-likeness (QED) is 0.0346. The van der Waals surface area contributed by atoms with Gasteiger partial charge < -0.3 is 18.9 Å². The van der Waals surface area contributed by atoms with E-state index >= 15 is 35.1 Å². The van der Waals surface area contributed by atoms with Crippen LogP contribution in [-0.2, 0) is 21.7 Å². The molecule has 5 rings (SSSR count). The van der Waals surface area contributed by atoms with Crippen LogP contribution in [0.4, 0.5) is 61.5 Å². The summed E-state index contributed by atoms with van der Waals surface area (Å²) in [7, 11) is 0. The molecule has 5 aromatic rings. The van der Waals surface area contributed by atoms with Gasteiger partial charge in [-0.05, 0) is 71.5 Å². The Labute approximate surface area is 317 Å². The standard InChI is InChI=1S/C39H22F14O5/c1-2-33(54)56-8-4-3-7-55-20-5-6-23(18-9-25(40)34(26(41)10-18)38(50,51)57-21-14-29(44)36(48)30(45)15-21)24(13-20)19-11-27(42)35(28(43)12-19)39(52,53)58-22-16-31(46)37(49)32(47)17-22/h2,5-6,9-17H,1,3-4,7-8H2. The Balaban J connectivity index is 1.54. The number of benzene rings is 5. The van der Waals surface area contributed by atoms with E-state index in [0.717, 1.165) is 18.2 Å². The molecule has 5 nitrogen and oxygen atoms in total. The van der Waals surface area contributed by atoms with Crippen molar-refractivity contribution in [2.75, 3.05) is 13.2 Å². The lowest BCUT2D eigenvalue weighted by Crippen LogP contribution is -2.25. The molecule has 0 atom stereocenters. The number of halogens is 14. The third kappa shape index (κ3) is 9.46. The second kappa shape index (κ2) is 17.1. The van der Waals surface area contributed by atoms with E-state index in [2.05, 4.69) is 16.1 Å². The number of carbonyl (C=O) groups excluding carboxylic acids is 1. The Morgan fingerprint density at radius 1 is 0.517 bits per heavy atom. The van der Waals surface area contributed by atoms with Crippen LogP contribution in [0.2, 0.25) is 0 Å². The number of carbonyl (C=O) groups is 1. The fraction of sp³-hybridized carbons (Fsp3) is 0.154. The first kappa shape index (κ1) is 42.9. The van der Waals surface area contributed by atoms with Gasteiger partial charge in [0, 0.05) is 30.3 Å². The zero-order valence-corrected chi connectivity index (χ0v) is 28.8. The zero-order chi connectivity index (χ0) is 42.7. The molecule has 0 unspecified atom stereocenters. The Bertz CT molecular complexity index is 2290. The van der Waals surface area contributed by atoms with E-state index < -0.39 is 116 Å². The van der Waals surface area contributed by atoms with Gasteiger partial charge in [-0.3, -0.25) is 0 Å². The summed E-state index contributed by atoms with van der Waals surface area (Å²) in [6.45, 7) is 3.12. The molecule has 0 fully saturated rings. The number of alkyl halides is 4. The summed E-state index contributed by atoms with van der Waals surface area (Å²) in [5, 5.41) is 0. The highest BCUT2D eigenvalue weighted by Crippen LogP contribution is 2.43. The van der Waals surface area contributed by atoms with Gasteiger partial charge in [0.25, 0.3) is 0 Å². The van der Waals surface area contributed by atoms with Crippen molar-refractivity contribution in [1.29, 1.82) is 0 Å². The van der Waals surface area contributed by atoms with Gasteiger partial charge >= 0.3 is 18.2 Å². The second-order valence-electron chi connectivity index (χ2n) is 11.9. The maximum absolute atomic E-state index is 15.5. The Kier molecular flexibility index (Phi) is 12.6. The highest BCUT2D eigenvalue weighted by molar-refractivity contribution is 5.85. The molecule has 306 valence electrons. The van der Waals surface area contributed by atoms with Crippen LogP contribution in [0.3, 0.4) is 0 Å². The molecule has 0 aliphatic heterocycles. The molecule has 19 heteroatoms.